The lowest BCUT2D eigenvalue weighted by atomic mass is 10.1. The van der Waals surface area contributed by atoms with Gasteiger partial charge in [0.15, 0.2) is 0 Å². The summed E-state index contributed by atoms with van der Waals surface area (Å²) >= 11 is 0. The molecule has 1 saturated carbocycles. The first kappa shape index (κ1) is 16.2. The highest BCUT2D eigenvalue weighted by Crippen LogP contribution is 2.18. The molecule has 1 aliphatic rings. The molecule has 2 amide bonds. The molecular weight excluding hydrogens is 300 g/mol. The molecule has 0 aliphatic heterocycles. The molecule has 1 fully saturated rings. The summed E-state index contributed by atoms with van der Waals surface area (Å²) in [7, 11) is 0. The van der Waals surface area contributed by atoms with Crippen molar-refractivity contribution < 1.29 is 9.59 Å². The van der Waals surface area contributed by atoms with Crippen LogP contribution in [0.4, 0.5) is 5.69 Å². The van der Waals surface area contributed by atoms with E-state index < -0.39 is 0 Å². The van der Waals surface area contributed by atoms with Gasteiger partial charge in [0.05, 0.1) is 0 Å². The Hall–Kier alpha value is -2.62. The van der Waals surface area contributed by atoms with Crippen LogP contribution >= 0.6 is 0 Å². The smallest absolute Gasteiger partial charge is 0.255 e. The van der Waals surface area contributed by atoms with E-state index in [0.29, 0.717) is 11.1 Å². The second kappa shape index (κ2) is 7.30. The predicted octanol–water partition coefficient (Wildman–Crippen LogP) is 3.92. The van der Waals surface area contributed by atoms with Gasteiger partial charge in [0.25, 0.3) is 11.8 Å². The minimum absolute atomic E-state index is 0.105. The van der Waals surface area contributed by atoms with Crippen molar-refractivity contribution in [1.82, 2.24) is 5.32 Å². The maximum absolute atomic E-state index is 12.4. The number of hydrogen-bond acceptors (Lipinski definition) is 2. The maximum Gasteiger partial charge on any atom is 0.255 e. The van der Waals surface area contributed by atoms with Gasteiger partial charge in [-0.2, -0.15) is 0 Å². The molecule has 2 aromatic rings. The van der Waals surface area contributed by atoms with Crippen molar-refractivity contribution in [1.29, 1.82) is 0 Å². The Morgan fingerprint density at radius 1 is 0.917 bits per heavy atom. The summed E-state index contributed by atoms with van der Waals surface area (Å²) in [6.07, 6.45) is 4.42. The highest BCUT2D eigenvalue weighted by atomic mass is 16.2. The van der Waals surface area contributed by atoms with E-state index in [1.807, 2.05) is 31.2 Å². The molecule has 1 aliphatic carbocycles. The number of anilines is 1. The number of carbonyl (C=O) groups is 2. The molecule has 0 saturated heterocycles. The lowest BCUT2D eigenvalue weighted by Crippen LogP contribution is -2.32. The third kappa shape index (κ3) is 4.02. The fourth-order valence-corrected chi connectivity index (χ4v) is 3.07. The van der Waals surface area contributed by atoms with Crippen LogP contribution in [-0.4, -0.2) is 17.9 Å². The fraction of sp³-hybridized carbons (Fsp3) is 0.300. The van der Waals surface area contributed by atoms with Crippen LogP contribution < -0.4 is 10.6 Å². The number of aryl methyl sites for hydroxylation is 1. The van der Waals surface area contributed by atoms with Gasteiger partial charge in [-0.05, 0) is 55.7 Å². The van der Waals surface area contributed by atoms with Crippen molar-refractivity contribution in [3.63, 3.8) is 0 Å². The molecule has 2 N–H and O–H groups in total. The number of nitrogens with one attached hydrogen (secondary N) is 2. The normalized spacial score (nSPS) is 14.4. The second-order valence-corrected chi connectivity index (χ2v) is 6.36. The van der Waals surface area contributed by atoms with Crippen LogP contribution in [-0.2, 0) is 0 Å². The Labute approximate surface area is 142 Å². The molecule has 4 nitrogen and oxygen atoms in total. The molecule has 2 aromatic carbocycles. The predicted molar refractivity (Wildman–Crippen MR) is 95.3 cm³/mol. The molecule has 0 atom stereocenters. The van der Waals surface area contributed by atoms with Crippen LogP contribution in [0.2, 0.25) is 0 Å². The van der Waals surface area contributed by atoms with E-state index in [2.05, 4.69) is 10.6 Å². The van der Waals surface area contributed by atoms with Crippen molar-refractivity contribution in [2.24, 2.45) is 0 Å². The Morgan fingerprint density at radius 3 is 2.29 bits per heavy atom. The monoisotopic (exact) mass is 322 g/mol. The van der Waals surface area contributed by atoms with Gasteiger partial charge >= 0.3 is 0 Å². The first-order valence-electron chi connectivity index (χ1n) is 8.41. The molecular formula is C20H22N2O2. The zero-order chi connectivity index (χ0) is 16.9. The van der Waals surface area contributed by atoms with Crippen LogP contribution in [0.5, 0.6) is 0 Å². The van der Waals surface area contributed by atoms with Gasteiger partial charge in [0.1, 0.15) is 0 Å². The molecule has 0 heterocycles. The maximum atomic E-state index is 12.4. The van der Waals surface area contributed by atoms with Crippen molar-refractivity contribution in [3.05, 3.63) is 65.2 Å². The van der Waals surface area contributed by atoms with Gasteiger partial charge in [0.2, 0.25) is 0 Å². The van der Waals surface area contributed by atoms with Crippen molar-refractivity contribution >= 4 is 17.5 Å². The zero-order valence-corrected chi connectivity index (χ0v) is 13.8. The average Bonchev–Trinajstić information content (AvgIpc) is 3.08. The zero-order valence-electron chi connectivity index (χ0n) is 13.8. The highest BCUT2D eigenvalue weighted by Gasteiger charge is 2.18. The summed E-state index contributed by atoms with van der Waals surface area (Å²) in [6.45, 7) is 1.98. The van der Waals surface area contributed by atoms with Crippen LogP contribution in [0.3, 0.4) is 0 Å². The number of benzene rings is 2. The average molecular weight is 322 g/mol. The summed E-state index contributed by atoms with van der Waals surface area (Å²) in [5.74, 6) is -0.316. The molecule has 0 radical (unpaired) electrons. The lowest BCUT2D eigenvalue weighted by molar-refractivity contribution is 0.0938. The van der Waals surface area contributed by atoms with Crippen molar-refractivity contribution in [2.75, 3.05) is 5.32 Å². The van der Waals surface area contributed by atoms with E-state index in [-0.39, 0.29) is 17.9 Å². The Balaban J connectivity index is 1.69. The standard InChI is InChI=1S/C20H22N2O2/c1-14-6-4-11-18(12-14)22-20(24)16-8-5-7-15(13-16)19(23)21-17-9-2-3-10-17/h4-8,11-13,17H,2-3,9-10H2,1H3,(H,21,23)(H,22,24). The highest BCUT2D eigenvalue weighted by molar-refractivity contribution is 6.06. The van der Waals surface area contributed by atoms with E-state index in [1.165, 1.54) is 12.8 Å². The summed E-state index contributed by atoms with van der Waals surface area (Å²) in [5, 5.41) is 5.92. The Morgan fingerprint density at radius 2 is 1.58 bits per heavy atom. The van der Waals surface area contributed by atoms with E-state index in [4.69, 9.17) is 0 Å². The van der Waals surface area contributed by atoms with Gasteiger partial charge in [0, 0.05) is 22.9 Å². The van der Waals surface area contributed by atoms with Gasteiger partial charge in [-0.15, -0.1) is 0 Å². The van der Waals surface area contributed by atoms with Crippen LogP contribution in [0, 0.1) is 6.92 Å². The first-order valence-corrected chi connectivity index (χ1v) is 8.41. The number of rotatable bonds is 4. The number of amides is 2. The Bertz CT molecular complexity index is 749. The number of carbonyl (C=O) groups excluding carboxylic acids is 2. The molecule has 3 rings (SSSR count). The van der Waals surface area contributed by atoms with Crippen LogP contribution in [0.15, 0.2) is 48.5 Å². The molecule has 24 heavy (non-hydrogen) atoms. The fourth-order valence-electron chi connectivity index (χ4n) is 3.07. The SMILES string of the molecule is Cc1cccc(NC(=O)c2cccc(C(=O)NC3CCCC3)c2)c1. The molecule has 0 bridgehead atoms. The Kier molecular flexibility index (Phi) is 4.94. The van der Waals surface area contributed by atoms with E-state index in [9.17, 15) is 9.59 Å². The number of hydrogen-bond donors (Lipinski definition) is 2. The largest absolute Gasteiger partial charge is 0.349 e. The first-order chi connectivity index (χ1) is 11.6. The van der Waals surface area contributed by atoms with Crippen LogP contribution in [0.1, 0.15) is 52.0 Å². The third-order valence-corrected chi connectivity index (χ3v) is 4.35. The van der Waals surface area contributed by atoms with Gasteiger partial charge in [-0.25, -0.2) is 0 Å². The summed E-state index contributed by atoms with van der Waals surface area (Å²) in [6, 6.07) is 14.8. The third-order valence-electron chi connectivity index (χ3n) is 4.35. The van der Waals surface area contributed by atoms with Gasteiger partial charge < -0.3 is 10.6 Å². The van der Waals surface area contributed by atoms with Crippen molar-refractivity contribution in [3.8, 4) is 0 Å². The lowest BCUT2D eigenvalue weighted by Gasteiger charge is -2.12. The van der Waals surface area contributed by atoms with Crippen molar-refractivity contribution in [2.45, 2.75) is 38.6 Å². The molecule has 124 valence electrons. The minimum Gasteiger partial charge on any atom is -0.349 e. The second-order valence-electron chi connectivity index (χ2n) is 6.36. The summed E-state index contributed by atoms with van der Waals surface area (Å²) < 4.78 is 0. The summed E-state index contributed by atoms with van der Waals surface area (Å²) in [5.41, 5.74) is 2.84. The molecule has 0 unspecified atom stereocenters. The van der Waals surface area contributed by atoms with E-state index in [0.717, 1.165) is 24.1 Å². The summed E-state index contributed by atoms with van der Waals surface area (Å²) in [4.78, 5) is 24.7. The van der Waals surface area contributed by atoms with E-state index >= 15 is 0 Å². The van der Waals surface area contributed by atoms with Gasteiger partial charge in [-0.3, -0.25) is 9.59 Å². The minimum atomic E-state index is -0.212. The molecule has 0 aromatic heterocycles. The molecule has 0 spiro atoms. The van der Waals surface area contributed by atoms with Gasteiger partial charge in [-0.1, -0.05) is 31.0 Å². The van der Waals surface area contributed by atoms with E-state index in [1.54, 1.807) is 24.3 Å². The van der Waals surface area contributed by atoms with Crippen LogP contribution in [0.25, 0.3) is 0 Å². The topological polar surface area (TPSA) is 58.2 Å². The molecule has 4 heteroatoms. The quantitative estimate of drug-likeness (QED) is 0.896.